The number of amides is 1. The first-order valence-electron chi connectivity index (χ1n) is 8.14. The third kappa shape index (κ3) is 4.67. The van der Waals surface area contributed by atoms with Crippen LogP contribution in [0.2, 0.25) is 5.02 Å². The summed E-state index contributed by atoms with van der Waals surface area (Å²) in [5.74, 6) is 0.357. The number of carbonyl (C=O) groups is 1. The quantitative estimate of drug-likeness (QED) is 0.698. The molecule has 26 heavy (non-hydrogen) atoms. The number of nitrogens with one attached hydrogen (secondary N) is 1. The van der Waals surface area contributed by atoms with Gasteiger partial charge in [-0.05, 0) is 36.8 Å². The lowest BCUT2D eigenvalue weighted by Gasteiger charge is -2.13. The summed E-state index contributed by atoms with van der Waals surface area (Å²) in [6, 6.07) is 13.0. The van der Waals surface area contributed by atoms with Crippen LogP contribution in [-0.4, -0.2) is 16.0 Å². The molecule has 0 bridgehead atoms. The summed E-state index contributed by atoms with van der Waals surface area (Å²) in [5.41, 5.74) is 1.59. The Labute approximate surface area is 155 Å². The molecule has 2 aromatic carbocycles. The van der Waals surface area contributed by atoms with Crippen molar-refractivity contribution in [2.75, 3.05) is 0 Å². The van der Waals surface area contributed by atoms with Crippen molar-refractivity contribution in [2.45, 2.75) is 25.8 Å². The molecular formula is C19H17ClFN3O2. The Morgan fingerprint density at radius 3 is 2.77 bits per heavy atom. The van der Waals surface area contributed by atoms with E-state index in [2.05, 4.69) is 15.5 Å². The second-order valence-electron chi connectivity index (χ2n) is 5.86. The molecule has 1 atom stereocenters. The van der Waals surface area contributed by atoms with Gasteiger partial charge in [-0.2, -0.15) is 4.98 Å². The van der Waals surface area contributed by atoms with E-state index in [9.17, 15) is 9.18 Å². The van der Waals surface area contributed by atoms with E-state index >= 15 is 0 Å². The van der Waals surface area contributed by atoms with Crippen LogP contribution in [0.1, 0.15) is 30.8 Å². The molecule has 3 rings (SSSR count). The number of aromatic nitrogens is 2. The number of hydrogen-bond acceptors (Lipinski definition) is 4. The fourth-order valence-electron chi connectivity index (χ4n) is 2.47. The van der Waals surface area contributed by atoms with Crippen molar-refractivity contribution in [3.63, 3.8) is 0 Å². The van der Waals surface area contributed by atoms with E-state index in [1.165, 1.54) is 12.1 Å². The molecular weight excluding hydrogens is 357 g/mol. The van der Waals surface area contributed by atoms with E-state index in [0.29, 0.717) is 23.2 Å². The molecule has 0 saturated heterocycles. The van der Waals surface area contributed by atoms with Crippen molar-refractivity contribution in [3.05, 3.63) is 70.8 Å². The van der Waals surface area contributed by atoms with Gasteiger partial charge in [-0.1, -0.05) is 41.0 Å². The van der Waals surface area contributed by atoms with Crippen LogP contribution in [0.4, 0.5) is 4.39 Å². The predicted octanol–water partition coefficient (Wildman–Crippen LogP) is 4.34. The number of carbonyl (C=O) groups excluding carboxylic acids is 1. The SMILES string of the molecule is CC(NC(=O)CCc1nc(-c2cccc(Cl)c2)no1)c1ccc(F)cc1. The number of rotatable bonds is 6. The molecule has 1 heterocycles. The van der Waals surface area contributed by atoms with Crippen LogP contribution in [0.3, 0.4) is 0 Å². The van der Waals surface area contributed by atoms with Gasteiger partial charge in [0, 0.05) is 23.4 Å². The van der Waals surface area contributed by atoms with Crippen molar-refractivity contribution in [2.24, 2.45) is 0 Å². The van der Waals surface area contributed by atoms with E-state index in [4.69, 9.17) is 16.1 Å². The molecule has 1 aromatic heterocycles. The highest BCUT2D eigenvalue weighted by Gasteiger charge is 2.13. The normalized spacial score (nSPS) is 12.0. The van der Waals surface area contributed by atoms with Gasteiger partial charge in [0.25, 0.3) is 0 Å². The second kappa shape index (κ2) is 8.10. The molecule has 1 N–H and O–H groups in total. The monoisotopic (exact) mass is 373 g/mol. The Morgan fingerprint density at radius 1 is 1.27 bits per heavy atom. The summed E-state index contributed by atoms with van der Waals surface area (Å²) < 4.78 is 18.1. The zero-order valence-corrected chi connectivity index (χ0v) is 14.8. The minimum absolute atomic E-state index is 0.149. The first-order valence-corrected chi connectivity index (χ1v) is 8.52. The lowest BCUT2D eigenvalue weighted by molar-refractivity contribution is -0.121. The van der Waals surface area contributed by atoms with Gasteiger partial charge in [0.1, 0.15) is 5.82 Å². The molecule has 0 saturated carbocycles. The average Bonchev–Trinajstić information content (AvgIpc) is 3.09. The Morgan fingerprint density at radius 2 is 2.04 bits per heavy atom. The molecule has 0 spiro atoms. The Kier molecular flexibility index (Phi) is 5.63. The minimum Gasteiger partial charge on any atom is -0.350 e. The maximum absolute atomic E-state index is 12.9. The molecule has 0 aliphatic heterocycles. The van der Waals surface area contributed by atoms with Gasteiger partial charge in [-0.25, -0.2) is 4.39 Å². The topological polar surface area (TPSA) is 68.0 Å². The van der Waals surface area contributed by atoms with Crippen LogP contribution in [0.25, 0.3) is 11.4 Å². The van der Waals surface area contributed by atoms with Gasteiger partial charge in [-0.3, -0.25) is 4.79 Å². The van der Waals surface area contributed by atoms with Crippen LogP contribution < -0.4 is 5.32 Å². The first kappa shape index (κ1) is 18.1. The highest BCUT2D eigenvalue weighted by molar-refractivity contribution is 6.30. The molecule has 1 unspecified atom stereocenters. The lowest BCUT2D eigenvalue weighted by Crippen LogP contribution is -2.26. The van der Waals surface area contributed by atoms with Gasteiger partial charge >= 0.3 is 0 Å². The van der Waals surface area contributed by atoms with Crippen LogP contribution in [0.15, 0.2) is 53.1 Å². The molecule has 5 nitrogen and oxygen atoms in total. The number of aryl methyl sites for hydroxylation is 1. The maximum atomic E-state index is 12.9. The average molecular weight is 374 g/mol. The van der Waals surface area contributed by atoms with E-state index in [1.54, 1.807) is 30.3 Å². The van der Waals surface area contributed by atoms with Crippen molar-refractivity contribution in [1.29, 1.82) is 0 Å². The third-order valence-corrected chi connectivity index (χ3v) is 4.10. The van der Waals surface area contributed by atoms with Crippen molar-refractivity contribution < 1.29 is 13.7 Å². The van der Waals surface area contributed by atoms with Gasteiger partial charge < -0.3 is 9.84 Å². The molecule has 134 valence electrons. The summed E-state index contributed by atoms with van der Waals surface area (Å²) in [6.45, 7) is 1.84. The fourth-order valence-corrected chi connectivity index (χ4v) is 2.66. The molecule has 3 aromatic rings. The van der Waals surface area contributed by atoms with Gasteiger partial charge in [-0.15, -0.1) is 0 Å². The fraction of sp³-hybridized carbons (Fsp3) is 0.211. The molecule has 0 fully saturated rings. The predicted molar refractivity (Wildman–Crippen MR) is 96.0 cm³/mol. The van der Waals surface area contributed by atoms with Gasteiger partial charge in [0.2, 0.25) is 17.6 Å². The minimum atomic E-state index is -0.306. The standard InChI is InChI=1S/C19H17ClFN3O2/c1-12(13-5-7-16(21)8-6-13)22-17(25)9-10-18-23-19(24-26-18)14-3-2-4-15(20)11-14/h2-8,11-12H,9-10H2,1H3,(H,22,25). The highest BCUT2D eigenvalue weighted by atomic mass is 35.5. The smallest absolute Gasteiger partial charge is 0.227 e. The number of nitrogens with zero attached hydrogens (tertiary/aromatic N) is 2. The maximum Gasteiger partial charge on any atom is 0.227 e. The van der Waals surface area contributed by atoms with Crippen molar-refractivity contribution in [3.8, 4) is 11.4 Å². The number of halogens is 2. The largest absolute Gasteiger partial charge is 0.350 e. The molecule has 7 heteroatoms. The third-order valence-electron chi connectivity index (χ3n) is 3.86. The van der Waals surface area contributed by atoms with Crippen LogP contribution in [-0.2, 0) is 11.2 Å². The lowest BCUT2D eigenvalue weighted by atomic mass is 10.1. The second-order valence-corrected chi connectivity index (χ2v) is 6.30. The summed E-state index contributed by atoms with van der Waals surface area (Å²) in [4.78, 5) is 16.4. The van der Waals surface area contributed by atoms with Gasteiger partial charge in [0.05, 0.1) is 6.04 Å². The Hall–Kier alpha value is -2.73. The Bertz CT molecular complexity index is 896. The summed E-state index contributed by atoms with van der Waals surface area (Å²) in [5, 5.41) is 7.36. The Balaban J connectivity index is 1.54. The molecule has 0 radical (unpaired) electrons. The highest BCUT2D eigenvalue weighted by Crippen LogP contribution is 2.20. The van der Waals surface area contributed by atoms with Crippen molar-refractivity contribution >= 4 is 17.5 Å². The van der Waals surface area contributed by atoms with E-state index < -0.39 is 0 Å². The molecule has 1 amide bonds. The molecule has 0 aliphatic carbocycles. The van der Waals surface area contributed by atoms with Gasteiger partial charge in [0.15, 0.2) is 0 Å². The van der Waals surface area contributed by atoms with E-state index in [1.807, 2.05) is 13.0 Å². The van der Waals surface area contributed by atoms with Crippen LogP contribution in [0.5, 0.6) is 0 Å². The number of benzene rings is 2. The summed E-state index contributed by atoms with van der Waals surface area (Å²) in [7, 11) is 0. The zero-order valence-electron chi connectivity index (χ0n) is 14.1. The van der Waals surface area contributed by atoms with Crippen LogP contribution in [0, 0.1) is 5.82 Å². The van der Waals surface area contributed by atoms with E-state index in [0.717, 1.165) is 11.1 Å². The van der Waals surface area contributed by atoms with E-state index in [-0.39, 0.29) is 24.2 Å². The van der Waals surface area contributed by atoms with Crippen molar-refractivity contribution in [1.82, 2.24) is 15.5 Å². The zero-order chi connectivity index (χ0) is 18.5. The van der Waals surface area contributed by atoms with Crippen LogP contribution >= 0.6 is 11.6 Å². The summed E-state index contributed by atoms with van der Waals surface area (Å²) in [6.07, 6.45) is 0.540. The summed E-state index contributed by atoms with van der Waals surface area (Å²) >= 11 is 5.95. The molecule has 0 aliphatic rings. The number of hydrogen-bond donors (Lipinski definition) is 1. The first-order chi connectivity index (χ1) is 12.5.